The van der Waals surface area contributed by atoms with Crippen molar-refractivity contribution in [1.82, 2.24) is 19.9 Å². The van der Waals surface area contributed by atoms with Gasteiger partial charge in [0.15, 0.2) is 23.1 Å². The van der Waals surface area contributed by atoms with Crippen molar-refractivity contribution < 1.29 is 0 Å². The van der Waals surface area contributed by atoms with Crippen LogP contribution in [0.2, 0.25) is 5.02 Å². The van der Waals surface area contributed by atoms with Gasteiger partial charge >= 0.3 is 0 Å². The predicted molar refractivity (Wildman–Crippen MR) is 118 cm³/mol. The molecule has 0 aliphatic carbocycles. The highest BCUT2D eigenvalue weighted by molar-refractivity contribution is 6.30. The van der Waals surface area contributed by atoms with Crippen molar-refractivity contribution in [3.05, 3.63) is 77.7 Å². The first-order valence-corrected chi connectivity index (χ1v) is 9.39. The van der Waals surface area contributed by atoms with Crippen LogP contribution in [0.3, 0.4) is 0 Å². The number of para-hydroxylation sites is 1. The standard InChI is InChI=1S/C21H14ClN9/c22-14-6-7-16(13(10-14)11-23)30-31-18-19(24)28-20(17-12-25-8-9-26-17)29-21(18)27-15-4-2-1-3-5-15/h1-10,12H,(H3,24,27,28,29)/b31-30+. The van der Waals surface area contributed by atoms with Gasteiger partial charge in [-0.3, -0.25) is 4.98 Å². The van der Waals surface area contributed by atoms with Crippen molar-refractivity contribution in [3.63, 3.8) is 0 Å². The summed E-state index contributed by atoms with van der Waals surface area (Å²) in [5, 5.41) is 21.3. The largest absolute Gasteiger partial charge is 0.382 e. The van der Waals surface area contributed by atoms with Gasteiger partial charge in [-0.25, -0.2) is 15.0 Å². The van der Waals surface area contributed by atoms with Crippen molar-refractivity contribution in [3.8, 4) is 17.6 Å². The number of halogens is 1. The number of nitrogen functional groups attached to an aromatic ring is 1. The highest BCUT2D eigenvalue weighted by atomic mass is 35.5. The fraction of sp³-hybridized carbons (Fsp3) is 0. The molecule has 2 aromatic heterocycles. The zero-order valence-corrected chi connectivity index (χ0v) is 16.7. The number of aromatic nitrogens is 4. The molecule has 4 aromatic rings. The summed E-state index contributed by atoms with van der Waals surface area (Å²) in [6.07, 6.45) is 4.63. The number of benzene rings is 2. The zero-order valence-electron chi connectivity index (χ0n) is 15.9. The van der Waals surface area contributed by atoms with Gasteiger partial charge in [0, 0.05) is 23.1 Å². The molecule has 0 spiro atoms. The number of rotatable bonds is 5. The first-order chi connectivity index (χ1) is 15.1. The molecule has 0 aliphatic heterocycles. The van der Waals surface area contributed by atoms with Crippen LogP contribution in [0.1, 0.15) is 5.56 Å². The molecule has 0 saturated heterocycles. The Labute approximate surface area is 182 Å². The van der Waals surface area contributed by atoms with Gasteiger partial charge < -0.3 is 11.1 Å². The van der Waals surface area contributed by atoms with E-state index >= 15 is 0 Å². The molecule has 31 heavy (non-hydrogen) atoms. The van der Waals surface area contributed by atoms with E-state index in [0.717, 1.165) is 5.69 Å². The number of nitrogens with two attached hydrogens (primary N) is 1. The van der Waals surface area contributed by atoms with Gasteiger partial charge in [-0.15, -0.1) is 10.2 Å². The molecule has 0 saturated carbocycles. The van der Waals surface area contributed by atoms with Crippen molar-refractivity contribution in [1.29, 1.82) is 5.26 Å². The molecule has 10 heteroatoms. The molecule has 0 bridgehead atoms. The predicted octanol–water partition coefficient (Wildman–Crippen LogP) is 5.20. The van der Waals surface area contributed by atoms with E-state index in [0.29, 0.717) is 22.2 Å². The van der Waals surface area contributed by atoms with Gasteiger partial charge in [0.05, 0.1) is 11.8 Å². The second kappa shape index (κ2) is 8.94. The van der Waals surface area contributed by atoms with E-state index in [9.17, 15) is 5.26 Å². The Hall–Kier alpha value is -4.42. The summed E-state index contributed by atoms with van der Waals surface area (Å²) in [7, 11) is 0. The summed E-state index contributed by atoms with van der Waals surface area (Å²) in [4.78, 5) is 17.1. The SMILES string of the molecule is N#Cc1cc(Cl)ccc1/N=N/c1c(N)nc(-c2cnccn2)nc1Nc1ccccc1. The Balaban J connectivity index is 1.80. The van der Waals surface area contributed by atoms with Crippen molar-refractivity contribution in [2.24, 2.45) is 10.2 Å². The van der Waals surface area contributed by atoms with E-state index in [4.69, 9.17) is 17.3 Å². The molecular formula is C21H14ClN9. The quantitative estimate of drug-likeness (QED) is 0.417. The maximum atomic E-state index is 9.32. The van der Waals surface area contributed by atoms with E-state index in [2.05, 4.69) is 35.5 Å². The van der Waals surface area contributed by atoms with E-state index in [1.165, 1.54) is 18.5 Å². The van der Waals surface area contributed by atoms with Crippen LogP contribution in [0, 0.1) is 11.3 Å². The molecule has 2 heterocycles. The van der Waals surface area contributed by atoms with Gasteiger partial charge in [0.25, 0.3) is 0 Å². The molecule has 2 aromatic carbocycles. The minimum Gasteiger partial charge on any atom is -0.382 e. The molecule has 0 amide bonds. The summed E-state index contributed by atoms with van der Waals surface area (Å²) in [6.45, 7) is 0. The topological polar surface area (TPSA) is 138 Å². The summed E-state index contributed by atoms with van der Waals surface area (Å²) >= 11 is 5.94. The van der Waals surface area contributed by atoms with Gasteiger partial charge in [-0.1, -0.05) is 29.8 Å². The van der Waals surface area contributed by atoms with Gasteiger partial charge in [-0.2, -0.15) is 5.26 Å². The molecule has 0 atom stereocenters. The van der Waals surface area contributed by atoms with Crippen LogP contribution in [0.4, 0.5) is 28.7 Å². The molecule has 4 rings (SSSR count). The lowest BCUT2D eigenvalue weighted by Gasteiger charge is -2.11. The lowest BCUT2D eigenvalue weighted by Crippen LogP contribution is -2.03. The molecule has 3 N–H and O–H groups in total. The van der Waals surface area contributed by atoms with Crippen molar-refractivity contribution in [2.75, 3.05) is 11.1 Å². The number of anilines is 3. The Bertz CT molecular complexity index is 1290. The lowest BCUT2D eigenvalue weighted by molar-refractivity contribution is 1.10. The first-order valence-electron chi connectivity index (χ1n) is 9.01. The van der Waals surface area contributed by atoms with E-state index in [1.54, 1.807) is 18.3 Å². The molecule has 0 fully saturated rings. The van der Waals surface area contributed by atoms with E-state index < -0.39 is 0 Å². The van der Waals surface area contributed by atoms with Crippen LogP contribution in [-0.2, 0) is 0 Å². The Kier molecular flexibility index (Phi) is 5.73. The highest BCUT2D eigenvalue weighted by Gasteiger charge is 2.15. The van der Waals surface area contributed by atoms with Crippen LogP contribution in [0.5, 0.6) is 0 Å². The maximum absolute atomic E-state index is 9.32. The molecule has 0 unspecified atom stereocenters. The van der Waals surface area contributed by atoms with E-state index in [-0.39, 0.29) is 22.9 Å². The van der Waals surface area contributed by atoms with Crippen LogP contribution < -0.4 is 11.1 Å². The number of nitriles is 1. The Morgan fingerprint density at radius 2 is 1.87 bits per heavy atom. The third-order valence-corrected chi connectivity index (χ3v) is 4.31. The lowest BCUT2D eigenvalue weighted by atomic mass is 10.2. The summed E-state index contributed by atoms with van der Waals surface area (Å²) in [5.41, 5.74) is 8.26. The molecule has 0 aliphatic rings. The van der Waals surface area contributed by atoms with Crippen LogP contribution >= 0.6 is 11.6 Å². The third-order valence-electron chi connectivity index (χ3n) is 4.08. The Morgan fingerprint density at radius 1 is 1.03 bits per heavy atom. The fourth-order valence-corrected chi connectivity index (χ4v) is 2.81. The minimum atomic E-state index is 0.0882. The summed E-state index contributed by atoms with van der Waals surface area (Å²) in [5.74, 6) is 0.702. The average Bonchev–Trinajstić information content (AvgIpc) is 2.80. The van der Waals surface area contributed by atoms with E-state index in [1.807, 2.05) is 36.4 Å². The number of nitrogens with zero attached hydrogens (tertiary/aromatic N) is 7. The van der Waals surface area contributed by atoms with Gasteiger partial charge in [0.1, 0.15) is 17.5 Å². The average molecular weight is 428 g/mol. The smallest absolute Gasteiger partial charge is 0.183 e. The summed E-state index contributed by atoms with van der Waals surface area (Å²) in [6, 6.07) is 16.2. The molecule has 0 radical (unpaired) electrons. The number of hydrogen-bond donors (Lipinski definition) is 2. The fourth-order valence-electron chi connectivity index (χ4n) is 2.63. The monoisotopic (exact) mass is 427 g/mol. The third kappa shape index (κ3) is 4.60. The van der Waals surface area contributed by atoms with Crippen LogP contribution in [0.25, 0.3) is 11.5 Å². The number of hydrogen-bond acceptors (Lipinski definition) is 9. The second-order valence-electron chi connectivity index (χ2n) is 6.18. The molecule has 9 nitrogen and oxygen atoms in total. The van der Waals surface area contributed by atoms with Crippen molar-refractivity contribution >= 4 is 40.3 Å². The zero-order chi connectivity index (χ0) is 21.6. The maximum Gasteiger partial charge on any atom is 0.183 e. The Morgan fingerprint density at radius 3 is 2.61 bits per heavy atom. The van der Waals surface area contributed by atoms with Crippen LogP contribution in [-0.4, -0.2) is 19.9 Å². The second-order valence-corrected chi connectivity index (χ2v) is 6.62. The summed E-state index contributed by atoms with van der Waals surface area (Å²) < 4.78 is 0. The number of azo groups is 1. The van der Waals surface area contributed by atoms with Crippen LogP contribution in [0.15, 0.2) is 77.3 Å². The van der Waals surface area contributed by atoms with Crippen molar-refractivity contribution in [2.45, 2.75) is 0 Å². The molecule has 150 valence electrons. The van der Waals surface area contributed by atoms with Gasteiger partial charge in [-0.05, 0) is 30.3 Å². The normalized spacial score (nSPS) is 10.7. The number of nitrogens with one attached hydrogen (secondary N) is 1. The minimum absolute atomic E-state index is 0.0882. The highest BCUT2D eigenvalue weighted by Crippen LogP contribution is 2.35. The van der Waals surface area contributed by atoms with Gasteiger partial charge in [0.2, 0.25) is 0 Å². The molecular weight excluding hydrogens is 414 g/mol. The first kappa shape index (κ1) is 19.9.